The minimum atomic E-state index is -1.20. The number of aromatic nitrogens is 1. The van der Waals surface area contributed by atoms with Crippen LogP contribution in [0.1, 0.15) is 53.4 Å². The lowest BCUT2D eigenvalue weighted by Crippen LogP contribution is -2.30. The van der Waals surface area contributed by atoms with Crippen molar-refractivity contribution in [1.82, 2.24) is 15.4 Å². The predicted octanol–water partition coefficient (Wildman–Crippen LogP) is 2.92. The molecule has 1 saturated heterocycles. The lowest BCUT2D eigenvalue weighted by molar-refractivity contribution is -0.0935. The van der Waals surface area contributed by atoms with E-state index in [1.54, 1.807) is 32.0 Å². The van der Waals surface area contributed by atoms with Crippen molar-refractivity contribution in [2.45, 2.75) is 45.3 Å². The van der Waals surface area contributed by atoms with E-state index >= 15 is 0 Å². The fraction of sp³-hybridized carbons (Fsp3) is 0.455. The highest BCUT2D eigenvalue weighted by Gasteiger charge is 2.35. The van der Waals surface area contributed by atoms with Crippen LogP contribution < -0.4 is 10.1 Å². The van der Waals surface area contributed by atoms with Gasteiger partial charge in [-0.05, 0) is 62.4 Å². The van der Waals surface area contributed by atoms with Gasteiger partial charge in [0.05, 0.1) is 12.3 Å². The second-order valence-corrected chi connectivity index (χ2v) is 7.59. The zero-order chi connectivity index (χ0) is 21.7. The first-order valence-electron chi connectivity index (χ1n) is 10.2. The number of nitrogens with one attached hydrogen (secondary N) is 1. The molecule has 162 valence electrons. The summed E-state index contributed by atoms with van der Waals surface area (Å²) in [5.74, 6) is -0.589. The first-order valence-corrected chi connectivity index (χ1v) is 10.2. The maximum atomic E-state index is 13.4. The normalized spacial score (nSPS) is 19.9. The first-order chi connectivity index (χ1) is 14.3. The molecule has 0 spiro atoms. The van der Waals surface area contributed by atoms with E-state index in [4.69, 9.17) is 4.74 Å². The second-order valence-electron chi connectivity index (χ2n) is 7.59. The van der Waals surface area contributed by atoms with Gasteiger partial charge in [0, 0.05) is 19.6 Å². The summed E-state index contributed by atoms with van der Waals surface area (Å²) in [6.07, 6.45) is 1.40. The first kappa shape index (κ1) is 22.1. The van der Waals surface area contributed by atoms with Gasteiger partial charge in [0.15, 0.2) is 0 Å². The van der Waals surface area contributed by atoms with Crippen LogP contribution in [-0.2, 0) is 12.1 Å². The highest BCUT2D eigenvalue weighted by molar-refractivity contribution is 5.97. The Bertz CT molecular complexity index is 908. The van der Waals surface area contributed by atoms with Crippen LogP contribution in [0.4, 0.5) is 4.39 Å². The number of amides is 1. The lowest BCUT2D eigenvalue weighted by Gasteiger charge is -2.27. The monoisotopic (exact) mass is 417 g/mol. The van der Waals surface area contributed by atoms with Crippen molar-refractivity contribution in [3.05, 3.63) is 58.5 Å². The fourth-order valence-corrected chi connectivity index (χ4v) is 3.68. The van der Waals surface area contributed by atoms with Gasteiger partial charge in [-0.2, -0.15) is 5.06 Å². The van der Waals surface area contributed by atoms with Gasteiger partial charge >= 0.3 is 0 Å². The molecule has 3 rings (SSSR count). The number of rotatable bonds is 6. The summed E-state index contributed by atoms with van der Waals surface area (Å²) in [5, 5.41) is 24.9. The standard InChI is InChI=1S/C22H28FN3O4/c1-3-30-21-19(20(27)24-14-16-6-4-7-17(23)13-16)15(2)12-18(25-21)22(28)8-5-10-26(29)11-9-22/h4,6-7,12-13,28-29H,3,5,8-11,14H2,1-2H3,(H,24,27). The van der Waals surface area contributed by atoms with Gasteiger partial charge in [-0.25, -0.2) is 9.37 Å². The van der Waals surface area contributed by atoms with Crippen LogP contribution in [0.25, 0.3) is 0 Å². The molecule has 1 atom stereocenters. The van der Waals surface area contributed by atoms with E-state index in [1.807, 2.05) is 0 Å². The summed E-state index contributed by atoms with van der Waals surface area (Å²) in [7, 11) is 0. The minimum Gasteiger partial charge on any atom is -0.477 e. The fourth-order valence-electron chi connectivity index (χ4n) is 3.68. The number of carbonyl (C=O) groups excluding carboxylic acids is 1. The Morgan fingerprint density at radius 2 is 2.13 bits per heavy atom. The molecule has 1 amide bonds. The third-order valence-corrected chi connectivity index (χ3v) is 5.30. The van der Waals surface area contributed by atoms with Crippen LogP contribution in [-0.4, -0.2) is 46.0 Å². The van der Waals surface area contributed by atoms with E-state index in [0.717, 1.165) is 0 Å². The molecule has 2 aromatic rings. The SMILES string of the molecule is CCOc1nc(C2(O)CCCN(O)CC2)cc(C)c1C(=O)NCc1cccc(F)c1. The van der Waals surface area contributed by atoms with Crippen LogP contribution in [0.15, 0.2) is 30.3 Å². The van der Waals surface area contributed by atoms with Crippen LogP contribution in [0.2, 0.25) is 0 Å². The van der Waals surface area contributed by atoms with E-state index in [1.165, 1.54) is 17.2 Å². The molecule has 0 saturated carbocycles. The Hall–Kier alpha value is -2.55. The molecule has 1 aromatic carbocycles. The van der Waals surface area contributed by atoms with Crippen molar-refractivity contribution in [3.8, 4) is 5.88 Å². The van der Waals surface area contributed by atoms with Gasteiger partial charge < -0.3 is 20.4 Å². The number of aliphatic hydroxyl groups is 1. The Kier molecular flexibility index (Phi) is 7.02. The predicted molar refractivity (Wildman–Crippen MR) is 109 cm³/mol. The molecule has 1 aliphatic rings. The Labute approximate surface area is 175 Å². The molecule has 7 nitrogen and oxygen atoms in total. The van der Waals surface area contributed by atoms with Crippen molar-refractivity contribution < 1.29 is 24.2 Å². The molecule has 1 unspecified atom stereocenters. The molecule has 8 heteroatoms. The van der Waals surface area contributed by atoms with Gasteiger partial charge in [0.1, 0.15) is 17.0 Å². The topological polar surface area (TPSA) is 94.9 Å². The van der Waals surface area contributed by atoms with E-state index in [9.17, 15) is 19.5 Å². The zero-order valence-corrected chi connectivity index (χ0v) is 17.3. The Morgan fingerprint density at radius 3 is 2.87 bits per heavy atom. The average molecular weight is 417 g/mol. The average Bonchev–Trinajstić information content (AvgIpc) is 2.88. The third kappa shape index (κ3) is 5.13. The smallest absolute Gasteiger partial charge is 0.257 e. The number of hydrogen-bond acceptors (Lipinski definition) is 6. The number of ether oxygens (including phenoxy) is 1. The maximum absolute atomic E-state index is 13.4. The second kappa shape index (κ2) is 9.51. The van der Waals surface area contributed by atoms with Crippen molar-refractivity contribution in [2.24, 2.45) is 0 Å². The van der Waals surface area contributed by atoms with Crippen molar-refractivity contribution in [1.29, 1.82) is 0 Å². The summed E-state index contributed by atoms with van der Waals surface area (Å²) >= 11 is 0. The summed E-state index contributed by atoms with van der Waals surface area (Å²) in [4.78, 5) is 17.3. The quantitative estimate of drug-likeness (QED) is 0.669. The lowest BCUT2D eigenvalue weighted by atomic mass is 9.89. The third-order valence-electron chi connectivity index (χ3n) is 5.30. The number of aryl methyl sites for hydroxylation is 1. The molecule has 0 aliphatic carbocycles. The number of benzene rings is 1. The molecular weight excluding hydrogens is 389 g/mol. The molecule has 1 aliphatic heterocycles. The molecule has 1 fully saturated rings. The molecule has 2 heterocycles. The number of pyridine rings is 1. The van der Waals surface area contributed by atoms with Gasteiger partial charge in [0.25, 0.3) is 5.91 Å². The minimum absolute atomic E-state index is 0.155. The molecule has 0 bridgehead atoms. The summed E-state index contributed by atoms with van der Waals surface area (Å²) in [5.41, 5.74) is 0.784. The molecule has 3 N–H and O–H groups in total. The largest absolute Gasteiger partial charge is 0.477 e. The Balaban J connectivity index is 1.86. The van der Waals surface area contributed by atoms with Gasteiger partial charge in [-0.15, -0.1) is 0 Å². The van der Waals surface area contributed by atoms with E-state index in [2.05, 4.69) is 10.3 Å². The van der Waals surface area contributed by atoms with E-state index in [0.29, 0.717) is 55.8 Å². The molecule has 1 aromatic heterocycles. The van der Waals surface area contributed by atoms with Gasteiger partial charge in [-0.3, -0.25) is 4.79 Å². The molecule has 0 radical (unpaired) electrons. The van der Waals surface area contributed by atoms with Crippen LogP contribution in [0.5, 0.6) is 5.88 Å². The molecular formula is C22H28FN3O4. The Morgan fingerprint density at radius 1 is 1.33 bits per heavy atom. The van der Waals surface area contributed by atoms with Crippen molar-refractivity contribution in [3.63, 3.8) is 0 Å². The number of carbonyl (C=O) groups is 1. The van der Waals surface area contributed by atoms with Gasteiger partial charge in [-0.1, -0.05) is 12.1 Å². The van der Waals surface area contributed by atoms with E-state index < -0.39 is 5.60 Å². The summed E-state index contributed by atoms with van der Waals surface area (Å²) in [6.45, 7) is 4.85. The molecule has 30 heavy (non-hydrogen) atoms. The van der Waals surface area contributed by atoms with Crippen LogP contribution in [0.3, 0.4) is 0 Å². The van der Waals surface area contributed by atoms with Crippen molar-refractivity contribution >= 4 is 5.91 Å². The van der Waals surface area contributed by atoms with Crippen LogP contribution >= 0.6 is 0 Å². The maximum Gasteiger partial charge on any atom is 0.257 e. The number of hydroxylamine groups is 2. The number of halogens is 1. The van der Waals surface area contributed by atoms with Crippen molar-refractivity contribution in [2.75, 3.05) is 19.7 Å². The number of nitrogens with zero attached hydrogens (tertiary/aromatic N) is 2. The van der Waals surface area contributed by atoms with Gasteiger partial charge in [0.2, 0.25) is 5.88 Å². The summed E-state index contributed by atoms with van der Waals surface area (Å²) < 4.78 is 19.0. The van der Waals surface area contributed by atoms with Crippen LogP contribution in [0, 0.1) is 12.7 Å². The van der Waals surface area contributed by atoms with E-state index in [-0.39, 0.29) is 29.7 Å². The highest BCUT2D eigenvalue weighted by Crippen LogP contribution is 2.34. The summed E-state index contributed by atoms with van der Waals surface area (Å²) in [6, 6.07) is 7.73. The zero-order valence-electron chi connectivity index (χ0n) is 17.3. The highest BCUT2D eigenvalue weighted by atomic mass is 19.1. The number of hydrogen-bond donors (Lipinski definition) is 3.